The van der Waals surface area contributed by atoms with Gasteiger partial charge in [-0.05, 0) is 80.4 Å². The van der Waals surface area contributed by atoms with Crippen molar-refractivity contribution < 1.29 is 9.53 Å². The van der Waals surface area contributed by atoms with Gasteiger partial charge in [0, 0.05) is 35.6 Å². The molecule has 0 fully saturated rings. The van der Waals surface area contributed by atoms with E-state index in [1.807, 2.05) is 19.9 Å². The van der Waals surface area contributed by atoms with Crippen molar-refractivity contribution in [2.24, 2.45) is 5.41 Å². The minimum atomic E-state index is -0.106. The molecular weight excluding hydrogens is 456 g/mol. The van der Waals surface area contributed by atoms with E-state index in [2.05, 4.69) is 89.6 Å². The Hall–Kier alpha value is -3.27. The number of likely N-dealkylation sites (N-methyl/N-ethyl adjacent to an activating group) is 1. The van der Waals surface area contributed by atoms with Gasteiger partial charge in [-0.1, -0.05) is 65.1 Å². The van der Waals surface area contributed by atoms with Crippen LogP contribution in [-0.4, -0.2) is 25.0 Å². The zero-order valence-electron chi connectivity index (χ0n) is 24.2. The van der Waals surface area contributed by atoms with Gasteiger partial charge >= 0.3 is 0 Å². The molecule has 0 saturated heterocycles. The molecule has 1 unspecified atom stereocenters. The lowest BCUT2D eigenvalue weighted by Crippen LogP contribution is -2.44. The number of allylic oxidation sites excluding steroid dienone is 7. The lowest BCUT2D eigenvalue weighted by atomic mass is 9.77. The highest BCUT2D eigenvalue weighted by Crippen LogP contribution is 2.36. The largest absolute Gasteiger partial charge is 0.494 e. The molecule has 0 aliphatic carbocycles. The van der Waals surface area contributed by atoms with Gasteiger partial charge in [0.25, 0.3) is 0 Å². The van der Waals surface area contributed by atoms with E-state index in [-0.39, 0.29) is 17.2 Å². The van der Waals surface area contributed by atoms with Gasteiger partial charge in [0.2, 0.25) is 0 Å². The van der Waals surface area contributed by atoms with Crippen molar-refractivity contribution >= 4 is 17.1 Å². The minimum absolute atomic E-state index is 0.00859. The molecule has 1 aromatic carbocycles. The molecule has 1 heterocycles. The summed E-state index contributed by atoms with van der Waals surface area (Å²) < 4.78 is 5.54. The standard InChI is InChI=1S/C33H46N2O2/c1-11-24(17-16-22(6)34-14-4)28-19-26-20-32(33(8,9)10)35-30(29(26)18-25(28)12-2)21-31(36)27(13-3)23(7)37-15-5/h11,13,16-19,21,32,34-35H,6-7,12,14-15,20H2,1-5,8-10H3/b17-16-,24-11+,27-13-,30-21-. The van der Waals surface area contributed by atoms with Crippen molar-refractivity contribution in [2.45, 2.75) is 74.3 Å². The van der Waals surface area contributed by atoms with Crippen molar-refractivity contribution in [2.75, 3.05) is 13.2 Å². The first-order chi connectivity index (χ1) is 17.5. The highest BCUT2D eigenvalue weighted by atomic mass is 16.5. The van der Waals surface area contributed by atoms with Crippen molar-refractivity contribution in [3.63, 3.8) is 0 Å². The Morgan fingerprint density at radius 3 is 2.38 bits per heavy atom. The number of carbonyl (C=O) groups is 1. The van der Waals surface area contributed by atoms with Gasteiger partial charge in [-0.2, -0.15) is 0 Å². The zero-order valence-corrected chi connectivity index (χ0v) is 24.2. The van der Waals surface area contributed by atoms with E-state index < -0.39 is 0 Å². The van der Waals surface area contributed by atoms with E-state index >= 15 is 0 Å². The summed E-state index contributed by atoms with van der Waals surface area (Å²) in [5.74, 6) is 0.300. The number of benzene rings is 1. The Balaban J connectivity index is 2.65. The predicted molar refractivity (Wildman–Crippen MR) is 159 cm³/mol. The molecule has 4 heteroatoms. The van der Waals surface area contributed by atoms with Crippen molar-refractivity contribution in [1.82, 2.24) is 10.6 Å². The Labute approximate surface area is 225 Å². The van der Waals surface area contributed by atoms with Gasteiger partial charge in [0.05, 0.1) is 12.2 Å². The Morgan fingerprint density at radius 1 is 1.14 bits per heavy atom. The Kier molecular flexibility index (Phi) is 10.8. The fourth-order valence-electron chi connectivity index (χ4n) is 4.57. The number of nitrogens with one attached hydrogen (secondary N) is 2. The molecule has 200 valence electrons. The van der Waals surface area contributed by atoms with E-state index in [0.29, 0.717) is 17.9 Å². The molecule has 2 N–H and O–H groups in total. The summed E-state index contributed by atoms with van der Waals surface area (Å²) in [6.45, 7) is 26.1. The number of hydrogen-bond donors (Lipinski definition) is 2. The summed E-state index contributed by atoms with van der Waals surface area (Å²) in [6, 6.07) is 4.75. The molecule has 37 heavy (non-hydrogen) atoms. The minimum Gasteiger partial charge on any atom is -0.494 e. The van der Waals surface area contributed by atoms with E-state index in [0.717, 1.165) is 41.9 Å². The third-order valence-electron chi connectivity index (χ3n) is 6.74. The maximum atomic E-state index is 13.3. The van der Waals surface area contributed by atoms with E-state index in [9.17, 15) is 4.79 Å². The average Bonchev–Trinajstić information content (AvgIpc) is 2.84. The zero-order chi connectivity index (χ0) is 27.8. The van der Waals surface area contributed by atoms with Gasteiger partial charge in [0.15, 0.2) is 5.78 Å². The number of ether oxygens (including phenoxy) is 1. The summed E-state index contributed by atoms with van der Waals surface area (Å²) in [5.41, 5.74) is 8.21. The first-order valence-corrected chi connectivity index (χ1v) is 13.4. The van der Waals surface area contributed by atoms with Crippen LogP contribution in [0.2, 0.25) is 0 Å². The van der Waals surface area contributed by atoms with Crippen LogP contribution in [0, 0.1) is 5.41 Å². The molecule has 0 aromatic heterocycles. The summed E-state index contributed by atoms with van der Waals surface area (Å²) >= 11 is 0. The second-order valence-corrected chi connectivity index (χ2v) is 10.4. The number of carbonyl (C=O) groups excluding carboxylic acids is 1. The molecule has 0 saturated carbocycles. The molecule has 1 aliphatic heterocycles. The third kappa shape index (κ3) is 7.61. The first kappa shape index (κ1) is 30.0. The topological polar surface area (TPSA) is 50.4 Å². The highest BCUT2D eigenvalue weighted by molar-refractivity contribution is 6.10. The van der Waals surface area contributed by atoms with Gasteiger partial charge in [-0.3, -0.25) is 4.79 Å². The lowest BCUT2D eigenvalue weighted by Gasteiger charge is -2.38. The number of rotatable bonds is 11. The molecule has 1 aromatic rings. The van der Waals surface area contributed by atoms with Crippen LogP contribution in [0.3, 0.4) is 0 Å². The molecule has 1 aliphatic rings. The first-order valence-electron chi connectivity index (χ1n) is 13.4. The van der Waals surface area contributed by atoms with Crippen molar-refractivity contribution in [3.8, 4) is 0 Å². The van der Waals surface area contributed by atoms with E-state index in [1.54, 1.807) is 12.2 Å². The Bertz CT molecular complexity index is 1140. The van der Waals surface area contributed by atoms with Crippen LogP contribution in [-0.2, 0) is 22.4 Å². The van der Waals surface area contributed by atoms with Gasteiger partial charge in [0.1, 0.15) is 5.76 Å². The van der Waals surface area contributed by atoms with Gasteiger partial charge in [-0.25, -0.2) is 0 Å². The van der Waals surface area contributed by atoms with Crippen LogP contribution in [0.5, 0.6) is 0 Å². The number of hydrogen-bond acceptors (Lipinski definition) is 4. The van der Waals surface area contributed by atoms with E-state index in [4.69, 9.17) is 4.74 Å². The fourth-order valence-corrected chi connectivity index (χ4v) is 4.57. The van der Waals surface area contributed by atoms with E-state index in [1.165, 1.54) is 16.7 Å². The number of fused-ring (bicyclic) bond motifs is 1. The molecular formula is C33H46N2O2. The summed E-state index contributed by atoms with van der Waals surface area (Å²) in [4.78, 5) is 13.3. The van der Waals surface area contributed by atoms with Crippen LogP contribution >= 0.6 is 0 Å². The average molecular weight is 503 g/mol. The highest BCUT2D eigenvalue weighted by Gasteiger charge is 2.32. The summed E-state index contributed by atoms with van der Waals surface area (Å²) in [7, 11) is 0. The smallest absolute Gasteiger partial charge is 0.191 e. The van der Waals surface area contributed by atoms with Crippen LogP contribution in [0.15, 0.2) is 72.7 Å². The van der Waals surface area contributed by atoms with Gasteiger partial charge < -0.3 is 15.4 Å². The van der Waals surface area contributed by atoms with Crippen LogP contribution in [0.25, 0.3) is 11.3 Å². The molecule has 2 rings (SSSR count). The summed E-state index contributed by atoms with van der Waals surface area (Å²) in [5, 5.41) is 6.95. The monoisotopic (exact) mass is 502 g/mol. The van der Waals surface area contributed by atoms with Crippen molar-refractivity contribution in [1.29, 1.82) is 0 Å². The summed E-state index contributed by atoms with van der Waals surface area (Å²) in [6.07, 6.45) is 11.6. The maximum Gasteiger partial charge on any atom is 0.191 e. The molecule has 4 nitrogen and oxygen atoms in total. The van der Waals surface area contributed by atoms with Crippen molar-refractivity contribution in [3.05, 3.63) is 95.0 Å². The molecule has 0 bridgehead atoms. The molecule has 1 atom stereocenters. The quantitative estimate of drug-likeness (QED) is 0.189. The fraction of sp³-hybridized carbons (Fsp3) is 0.424. The third-order valence-corrected chi connectivity index (χ3v) is 6.74. The normalized spacial score (nSPS) is 17.4. The van der Waals surface area contributed by atoms with Crippen LogP contribution < -0.4 is 10.6 Å². The number of ketones is 1. The lowest BCUT2D eigenvalue weighted by molar-refractivity contribution is -0.111. The number of aryl methyl sites for hydroxylation is 1. The molecule has 0 radical (unpaired) electrons. The van der Waals surface area contributed by atoms with Gasteiger partial charge in [-0.15, -0.1) is 0 Å². The SMILES string of the molecule is C=C(/C=C\C(=C/C)c1cc2c(cc1CC)/C(=C/C(=O)/C(=C\C)C(=C)OCC)NC(C(C)(C)C)C2)NCC. The second kappa shape index (κ2) is 13.3. The molecule has 0 spiro atoms. The Morgan fingerprint density at radius 2 is 1.84 bits per heavy atom. The molecule has 0 amide bonds. The predicted octanol–water partition coefficient (Wildman–Crippen LogP) is 7.30. The van der Waals surface area contributed by atoms with Crippen LogP contribution in [0.1, 0.15) is 77.6 Å². The maximum absolute atomic E-state index is 13.3. The van der Waals surface area contributed by atoms with Crippen LogP contribution in [0.4, 0.5) is 0 Å². The second-order valence-electron chi connectivity index (χ2n) is 10.4.